The van der Waals surface area contributed by atoms with Gasteiger partial charge in [-0.2, -0.15) is 0 Å². The van der Waals surface area contributed by atoms with Gasteiger partial charge in [-0.1, -0.05) is 0 Å². The van der Waals surface area contributed by atoms with Crippen LogP contribution in [0.5, 0.6) is 0 Å². The van der Waals surface area contributed by atoms with E-state index in [1.54, 1.807) is 12.1 Å². The summed E-state index contributed by atoms with van der Waals surface area (Å²) in [5, 5.41) is 6.28. The Labute approximate surface area is 155 Å². The molecule has 0 bridgehead atoms. The quantitative estimate of drug-likeness (QED) is 0.664. The highest BCUT2D eigenvalue weighted by Gasteiger charge is 2.27. The van der Waals surface area contributed by atoms with Crippen LogP contribution in [-0.2, 0) is 10.0 Å². The van der Waals surface area contributed by atoms with Gasteiger partial charge in [-0.05, 0) is 75.4 Å². The minimum Gasteiger partial charge on any atom is -0.352 e. The van der Waals surface area contributed by atoms with E-state index in [1.165, 1.54) is 25.0 Å². The lowest BCUT2D eigenvalue weighted by Gasteiger charge is -2.22. The predicted molar refractivity (Wildman–Crippen MR) is 99.6 cm³/mol. The van der Waals surface area contributed by atoms with Crippen molar-refractivity contribution in [3.63, 3.8) is 0 Å². The van der Waals surface area contributed by atoms with Gasteiger partial charge in [-0.3, -0.25) is 4.79 Å². The predicted octanol–water partition coefficient (Wildman–Crippen LogP) is 1.67. The van der Waals surface area contributed by atoms with Crippen LogP contribution in [0.4, 0.5) is 0 Å². The van der Waals surface area contributed by atoms with Crippen molar-refractivity contribution in [1.82, 2.24) is 15.4 Å². The normalized spacial score (nSPS) is 20.6. The topological polar surface area (TPSA) is 87.3 Å². The number of nitrogens with one attached hydrogen (secondary N) is 3. The van der Waals surface area contributed by atoms with Crippen LogP contribution in [0, 0.1) is 5.92 Å². The van der Waals surface area contributed by atoms with Crippen LogP contribution < -0.4 is 15.4 Å². The van der Waals surface area contributed by atoms with Crippen molar-refractivity contribution in [1.29, 1.82) is 0 Å². The lowest BCUT2D eigenvalue weighted by molar-refractivity contribution is 0.0950. The molecule has 1 aliphatic carbocycles. The van der Waals surface area contributed by atoms with Crippen molar-refractivity contribution in [2.24, 2.45) is 5.92 Å². The maximum absolute atomic E-state index is 12.1. The molecule has 0 aromatic heterocycles. The minimum absolute atomic E-state index is 0. The average molecular weight is 388 g/mol. The average Bonchev–Trinajstić information content (AvgIpc) is 3.39. The summed E-state index contributed by atoms with van der Waals surface area (Å²) in [4.78, 5) is 12.4. The van der Waals surface area contributed by atoms with Crippen LogP contribution in [0.1, 0.15) is 42.5 Å². The van der Waals surface area contributed by atoms with Crippen molar-refractivity contribution >= 4 is 28.3 Å². The van der Waals surface area contributed by atoms with E-state index >= 15 is 0 Å². The molecule has 1 amide bonds. The first-order valence-corrected chi connectivity index (χ1v) is 10.1. The number of hydrogen-bond donors (Lipinski definition) is 3. The number of hydrogen-bond acceptors (Lipinski definition) is 4. The SMILES string of the molecule is Cl.O=C(NCCC1CCCNC1)c1ccc(S(=O)(=O)NC2CC2)cc1. The van der Waals surface area contributed by atoms with Crippen molar-refractivity contribution < 1.29 is 13.2 Å². The summed E-state index contributed by atoms with van der Waals surface area (Å²) < 4.78 is 26.8. The molecule has 1 unspecified atom stereocenters. The molecule has 1 saturated carbocycles. The molecule has 1 aromatic rings. The van der Waals surface area contributed by atoms with E-state index < -0.39 is 10.0 Å². The number of piperidine rings is 1. The zero-order chi connectivity index (χ0) is 17.0. The molecule has 1 heterocycles. The summed E-state index contributed by atoms with van der Waals surface area (Å²) in [5.74, 6) is 0.470. The van der Waals surface area contributed by atoms with E-state index in [0.29, 0.717) is 18.0 Å². The lowest BCUT2D eigenvalue weighted by Crippen LogP contribution is -2.33. The van der Waals surface area contributed by atoms with Gasteiger partial charge in [0.2, 0.25) is 10.0 Å². The number of carbonyl (C=O) groups is 1. The Morgan fingerprint density at radius 2 is 1.88 bits per heavy atom. The van der Waals surface area contributed by atoms with E-state index in [9.17, 15) is 13.2 Å². The summed E-state index contributed by atoms with van der Waals surface area (Å²) >= 11 is 0. The Bertz CT molecular complexity index is 669. The summed E-state index contributed by atoms with van der Waals surface area (Å²) in [6.45, 7) is 2.76. The highest BCUT2D eigenvalue weighted by molar-refractivity contribution is 7.89. The first-order chi connectivity index (χ1) is 11.5. The first kappa shape index (κ1) is 20.2. The van der Waals surface area contributed by atoms with E-state index in [-0.39, 0.29) is 29.3 Å². The largest absolute Gasteiger partial charge is 0.352 e. The molecule has 0 radical (unpaired) electrons. The number of halogens is 1. The molecule has 3 N–H and O–H groups in total. The molecule has 1 saturated heterocycles. The fourth-order valence-corrected chi connectivity index (χ4v) is 4.24. The van der Waals surface area contributed by atoms with E-state index in [1.807, 2.05) is 0 Å². The molecule has 1 aliphatic heterocycles. The van der Waals surface area contributed by atoms with Crippen molar-refractivity contribution in [2.45, 2.75) is 43.0 Å². The number of benzene rings is 1. The molecule has 2 fully saturated rings. The Hall–Kier alpha value is -1.15. The molecule has 140 valence electrons. The Balaban J connectivity index is 0.00000225. The number of rotatable bonds is 7. The van der Waals surface area contributed by atoms with Crippen LogP contribution in [-0.4, -0.2) is 40.0 Å². The zero-order valence-corrected chi connectivity index (χ0v) is 15.8. The van der Waals surface area contributed by atoms with Crippen LogP contribution in [0.15, 0.2) is 29.2 Å². The summed E-state index contributed by atoms with van der Waals surface area (Å²) in [7, 11) is -3.46. The Morgan fingerprint density at radius 3 is 2.48 bits per heavy atom. The summed E-state index contributed by atoms with van der Waals surface area (Å²) in [5.41, 5.74) is 0.488. The Kier molecular flexibility index (Phi) is 7.25. The molecule has 0 spiro atoms. The summed E-state index contributed by atoms with van der Waals surface area (Å²) in [6, 6.07) is 6.19. The third-order valence-electron chi connectivity index (χ3n) is 4.56. The third kappa shape index (κ3) is 5.95. The molecule has 6 nitrogen and oxygen atoms in total. The van der Waals surface area contributed by atoms with Crippen LogP contribution in [0.3, 0.4) is 0 Å². The smallest absolute Gasteiger partial charge is 0.251 e. The van der Waals surface area contributed by atoms with Gasteiger partial charge in [-0.15, -0.1) is 12.4 Å². The lowest BCUT2D eigenvalue weighted by atomic mass is 9.96. The van der Waals surface area contributed by atoms with Gasteiger partial charge in [0, 0.05) is 18.2 Å². The van der Waals surface area contributed by atoms with Crippen LogP contribution >= 0.6 is 12.4 Å². The first-order valence-electron chi connectivity index (χ1n) is 8.66. The van der Waals surface area contributed by atoms with Gasteiger partial charge >= 0.3 is 0 Å². The molecule has 3 rings (SSSR count). The maximum Gasteiger partial charge on any atom is 0.251 e. The van der Waals surface area contributed by atoms with Crippen molar-refractivity contribution in [2.75, 3.05) is 19.6 Å². The van der Waals surface area contributed by atoms with Gasteiger partial charge in [-0.25, -0.2) is 13.1 Å². The molecule has 8 heteroatoms. The number of amides is 1. The number of carbonyl (C=O) groups excluding carboxylic acids is 1. The maximum atomic E-state index is 12.1. The minimum atomic E-state index is -3.46. The standard InChI is InChI=1S/C17H25N3O3S.ClH/c21-17(19-11-9-13-2-1-10-18-12-13)14-3-7-16(8-4-14)24(22,23)20-15-5-6-15;/h3-4,7-8,13,15,18,20H,1-2,5-6,9-12H2,(H,19,21);1H. The highest BCUT2D eigenvalue weighted by Crippen LogP contribution is 2.22. The van der Waals surface area contributed by atoms with Gasteiger partial charge in [0.15, 0.2) is 0 Å². The second kappa shape index (κ2) is 8.98. The second-order valence-corrected chi connectivity index (χ2v) is 8.39. The van der Waals surface area contributed by atoms with E-state index in [0.717, 1.165) is 32.4 Å². The Morgan fingerprint density at radius 1 is 1.16 bits per heavy atom. The van der Waals surface area contributed by atoms with Crippen molar-refractivity contribution in [3.8, 4) is 0 Å². The van der Waals surface area contributed by atoms with E-state index in [4.69, 9.17) is 0 Å². The zero-order valence-electron chi connectivity index (χ0n) is 14.2. The van der Waals surface area contributed by atoms with Gasteiger partial charge in [0.25, 0.3) is 5.91 Å². The van der Waals surface area contributed by atoms with Gasteiger partial charge in [0.1, 0.15) is 0 Å². The molecule has 1 aromatic carbocycles. The van der Waals surface area contributed by atoms with Crippen molar-refractivity contribution in [3.05, 3.63) is 29.8 Å². The fourth-order valence-electron chi connectivity index (χ4n) is 2.94. The van der Waals surface area contributed by atoms with E-state index in [2.05, 4.69) is 15.4 Å². The van der Waals surface area contributed by atoms with Crippen LogP contribution in [0.25, 0.3) is 0 Å². The molecule has 2 aliphatic rings. The molecule has 1 atom stereocenters. The molecular formula is C17H26ClN3O3S. The molecular weight excluding hydrogens is 362 g/mol. The monoisotopic (exact) mass is 387 g/mol. The number of sulfonamides is 1. The summed E-state index contributed by atoms with van der Waals surface area (Å²) in [6.07, 6.45) is 5.18. The van der Waals surface area contributed by atoms with Crippen LogP contribution in [0.2, 0.25) is 0 Å². The fraction of sp³-hybridized carbons (Fsp3) is 0.588. The van der Waals surface area contributed by atoms with Gasteiger partial charge < -0.3 is 10.6 Å². The second-order valence-electron chi connectivity index (χ2n) is 6.68. The highest BCUT2D eigenvalue weighted by atomic mass is 35.5. The van der Waals surface area contributed by atoms with Gasteiger partial charge in [0.05, 0.1) is 4.90 Å². The third-order valence-corrected chi connectivity index (χ3v) is 6.10. The molecule has 25 heavy (non-hydrogen) atoms.